The quantitative estimate of drug-likeness (QED) is 0.609. The molecule has 0 radical (unpaired) electrons. The maximum atomic E-state index is 11.6. The fourth-order valence-corrected chi connectivity index (χ4v) is 1.64. The fraction of sp³-hybridized carbons (Fsp3) is 0.231. The normalized spacial score (nSPS) is 12.1. The highest BCUT2D eigenvalue weighted by Gasteiger charge is 2.14. The van der Waals surface area contributed by atoms with Gasteiger partial charge in [-0.25, -0.2) is 0 Å². The lowest BCUT2D eigenvalue weighted by atomic mass is 10.2. The number of aromatic amines is 1. The SMILES string of the molecule is C[C@H](O)CNC(=O)C(=O)Nc1ccc2[nH]ccc2c1. The van der Waals surface area contributed by atoms with Gasteiger partial charge in [0.25, 0.3) is 0 Å². The summed E-state index contributed by atoms with van der Waals surface area (Å²) in [4.78, 5) is 26.0. The highest BCUT2D eigenvalue weighted by Crippen LogP contribution is 2.17. The van der Waals surface area contributed by atoms with Crippen molar-refractivity contribution in [2.75, 3.05) is 11.9 Å². The Labute approximate surface area is 109 Å². The van der Waals surface area contributed by atoms with Crippen molar-refractivity contribution in [1.29, 1.82) is 0 Å². The summed E-state index contributed by atoms with van der Waals surface area (Å²) in [7, 11) is 0. The standard InChI is InChI=1S/C13H15N3O3/c1-8(17)7-15-12(18)13(19)16-10-2-3-11-9(6-10)4-5-14-11/h2-6,8,14,17H,7H2,1H3,(H,15,18)(H,16,19)/t8-/m0/s1. The molecule has 1 heterocycles. The second kappa shape index (κ2) is 5.53. The molecule has 19 heavy (non-hydrogen) atoms. The van der Waals surface area contributed by atoms with Crippen LogP contribution in [-0.4, -0.2) is 34.6 Å². The summed E-state index contributed by atoms with van der Waals surface area (Å²) in [5.41, 5.74) is 1.50. The molecule has 0 bridgehead atoms. The Kier molecular flexibility index (Phi) is 3.82. The Hall–Kier alpha value is -2.34. The van der Waals surface area contributed by atoms with E-state index >= 15 is 0 Å². The van der Waals surface area contributed by atoms with Crippen LogP contribution in [-0.2, 0) is 9.59 Å². The summed E-state index contributed by atoms with van der Waals surface area (Å²) < 4.78 is 0. The maximum absolute atomic E-state index is 11.6. The van der Waals surface area contributed by atoms with E-state index in [9.17, 15) is 9.59 Å². The van der Waals surface area contributed by atoms with Crippen molar-refractivity contribution in [3.8, 4) is 0 Å². The van der Waals surface area contributed by atoms with Gasteiger partial charge in [-0.2, -0.15) is 0 Å². The molecule has 4 N–H and O–H groups in total. The number of hydrogen-bond acceptors (Lipinski definition) is 3. The number of carbonyl (C=O) groups is 2. The van der Waals surface area contributed by atoms with Crippen LogP contribution in [0.4, 0.5) is 5.69 Å². The number of aliphatic hydroxyl groups excluding tert-OH is 1. The van der Waals surface area contributed by atoms with Gasteiger partial charge in [-0.1, -0.05) is 0 Å². The molecule has 1 atom stereocenters. The number of amides is 2. The van der Waals surface area contributed by atoms with E-state index in [2.05, 4.69) is 15.6 Å². The molecule has 6 heteroatoms. The highest BCUT2D eigenvalue weighted by atomic mass is 16.3. The van der Waals surface area contributed by atoms with Gasteiger partial charge in [-0.05, 0) is 31.2 Å². The predicted molar refractivity (Wildman–Crippen MR) is 71.6 cm³/mol. The van der Waals surface area contributed by atoms with Gasteiger partial charge < -0.3 is 20.7 Å². The first kappa shape index (κ1) is 13.1. The molecule has 0 aliphatic carbocycles. The van der Waals surface area contributed by atoms with Crippen molar-refractivity contribution < 1.29 is 14.7 Å². The maximum Gasteiger partial charge on any atom is 0.313 e. The van der Waals surface area contributed by atoms with Crippen LogP contribution < -0.4 is 10.6 Å². The summed E-state index contributed by atoms with van der Waals surface area (Å²) in [6.45, 7) is 1.57. The van der Waals surface area contributed by atoms with Gasteiger partial charge in [0, 0.05) is 29.3 Å². The van der Waals surface area contributed by atoms with E-state index in [-0.39, 0.29) is 6.54 Å². The molecule has 0 fully saturated rings. The molecule has 1 aromatic heterocycles. The minimum Gasteiger partial charge on any atom is -0.392 e. The average Bonchev–Trinajstić information content (AvgIpc) is 2.83. The van der Waals surface area contributed by atoms with Crippen LogP contribution in [0, 0.1) is 0 Å². The first-order valence-electron chi connectivity index (χ1n) is 5.90. The number of rotatable bonds is 3. The Morgan fingerprint density at radius 1 is 1.32 bits per heavy atom. The van der Waals surface area contributed by atoms with E-state index in [1.54, 1.807) is 18.3 Å². The number of nitrogens with one attached hydrogen (secondary N) is 3. The first-order chi connectivity index (χ1) is 9.06. The number of anilines is 1. The molecular formula is C13H15N3O3. The summed E-state index contributed by atoms with van der Waals surface area (Å²) in [6, 6.07) is 7.17. The monoisotopic (exact) mass is 261 g/mol. The van der Waals surface area contributed by atoms with Crippen LogP contribution in [0.25, 0.3) is 10.9 Å². The van der Waals surface area contributed by atoms with Crippen molar-refractivity contribution in [3.05, 3.63) is 30.5 Å². The summed E-state index contributed by atoms with van der Waals surface area (Å²) in [5.74, 6) is -1.52. The molecule has 0 spiro atoms. The van der Waals surface area contributed by atoms with Crippen molar-refractivity contribution >= 4 is 28.4 Å². The number of benzene rings is 1. The lowest BCUT2D eigenvalue weighted by Crippen LogP contribution is -2.38. The van der Waals surface area contributed by atoms with E-state index in [4.69, 9.17) is 5.11 Å². The van der Waals surface area contributed by atoms with Gasteiger partial charge in [-0.15, -0.1) is 0 Å². The van der Waals surface area contributed by atoms with Crippen LogP contribution in [0.3, 0.4) is 0 Å². The van der Waals surface area contributed by atoms with Crippen molar-refractivity contribution in [2.24, 2.45) is 0 Å². The molecule has 0 unspecified atom stereocenters. The molecule has 2 aromatic rings. The van der Waals surface area contributed by atoms with E-state index in [0.717, 1.165) is 10.9 Å². The molecule has 0 saturated carbocycles. The minimum absolute atomic E-state index is 0.0447. The zero-order valence-electron chi connectivity index (χ0n) is 10.4. The van der Waals surface area contributed by atoms with E-state index in [1.165, 1.54) is 6.92 Å². The lowest BCUT2D eigenvalue weighted by Gasteiger charge is -2.07. The number of fused-ring (bicyclic) bond motifs is 1. The fourth-order valence-electron chi connectivity index (χ4n) is 1.64. The molecule has 0 aliphatic heterocycles. The third-order valence-electron chi connectivity index (χ3n) is 2.58. The van der Waals surface area contributed by atoms with Gasteiger partial charge in [-0.3, -0.25) is 9.59 Å². The Balaban J connectivity index is 1.99. The van der Waals surface area contributed by atoms with Gasteiger partial charge >= 0.3 is 11.8 Å². The highest BCUT2D eigenvalue weighted by molar-refractivity contribution is 6.39. The largest absolute Gasteiger partial charge is 0.392 e. The molecule has 2 amide bonds. The van der Waals surface area contributed by atoms with E-state index in [0.29, 0.717) is 5.69 Å². The summed E-state index contributed by atoms with van der Waals surface area (Å²) in [6.07, 6.45) is 1.11. The number of aromatic nitrogens is 1. The topological polar surface area (TPSA) is 94.2 Å². The van der Waals surface area contributed by atoms with Crippen LogP contribution in [0.1, 0.15) is 6.92 Å². The van der Waals surface area contributed by atoms with E-state index < -0.39 is 17.9 Å². The van der Waals surface area contributed by atoms with Crippen molar-refractivity contribution in [2.45, 2.75) is 13.0 Å². The van der Waals surface area contributed by atoms with Gasteiger partial charge in [0.15, 0.2) is 0 Å². The Morgan fingerprint density at radius 3 is 2.84 bits per heavy atom. The van der Waals surface area contributed by atoms with Crippen LogP contribution in [0.2, 0.25) is 0 Å². The third kappa shape index (κ3) is 3.32. The molecule has 1 aromatic carbocycles. The van der Waals surface area contributed by atoms with Crippen LogP contribution in [0.5, 0.6) is 0 Å². The van der Waals surface area contributed by atoms with Crippen LogP contribution >= 0.6 is 0 Å². The Morgan fingerprint density at radius 2 is 2.11 bits per heavy atom. The number of carbonyl (C=O) groups excluding carboxylic acids is 2. The van der Waals surface area contributed by atoms with Gasteiger partial charge in [0.2, 0.25) is 0 Å². The smallest absolute Gasteiger partial charge is 0.313 e. The van der Waals surface area contributed by atoms with Gasteiger partial charge in [0.05, 0.1) is 6.10 Å². The van der Waals surface area contributed by atoms with Gasteiger partial charge in [0.1, 0.15) is 0 Å². The molecular weight excluding hydrogens is 246 g/mol. The zero-order chi connectivity index (χ0) is 13.8. The number of hydrogen-bond donors (Lipinski definition) is 4. The third-order valence-corrected chi connectivity index (χ3v) is 2.58. The molecule has 100 valence electrons. The molecule has 0 aliphatic rings. The average molecular weight is 261 g/mol. The second-order valence-corrected chi connectivity index (χ2v) is 4.29. The zero-order valence-corrected chi connectivity index (χ0v) is 10.4. The number of H-pyrrole nitrogens is 1. The molecule has 0 saturated heterocycles. The second-order valence-electron chi connectivity index (χ2n) is 4.29. The van der Waals surface area contributed by atoms with Crippen molar-refractivity contribution in [3.63, 3.8) is 0 Å². The summed E-state index contributed by atoms with van der Waals surface area (Å²) >= 11 is 0. The Bertz CT molecular complexity index is 604. The molecule has 6 nitrogen and oxygen atoms in total. The minimum atomic E-state index is -0.768. The van der Waals surface area contributed by atoms with Crippen molar-refractivity contribution in [1.82, 2.24) is 10.3 Å². The predicted octanol–water partition coefficient (Wildman–Crippen LogP) is 0.603. The van der Waals surface area contributed by atoms with Crippen LogP contribution in [0.15, 0.2) is 30.5 Å². The van der Waals surface area contributed by atoms with E-state index in [1.807, 2.05) is 12.1 Å². The summed E-state index contributed by atoms with van der Waals surface area (Å²) in [5, 5.41) is 14.8. The number of aliphatic hydroxyl groups is 1. The lowest BCUT2D eigenvalue weighted by molar-refractivity contribution is -0.136. The first-order valence-corrected chi connectivity index (χ1v) is 5.90. The molecule has 2 rings (SSSR count).